The minimum Gasteiger partial charge on any atom is -0.488 e. The molecule has 18 heteroatoms. The Balaban J connectivity index is 0.645. The molecule has 2 aliphatic carbocycles. The van der Waals surface area contributed by atoms with Gasteiger partial charge in [0.25, 0.3) is 11.8 Å². The molecule has 1 unspecified atom stereocenters. The van der Waals surface area contributed by atoms with Gasteiger partial charge in [-0.15, -0.1) is 0 Å². The van der Waals surface area contributed by atoms with E-state index in [0.717, 1.165) is 51.6 Å². The third kappa shape index (κ3) is 10.1. The van der Waals surface area contributed by atoms with Crippen LogP contribution >= 0.6 is 0 Å². The summed E-state index contributed by atoms with van der Waals surface area (Å²) in [4.78, 5) is 77.4. The average Bonchev–Trinajstić information content (AvgIpc) is 3.75. The first-order valence-corrected chi connectivity index (χ1v) is 21.3. The summed E-state index contributed by atoms with van der Waals surface area (Å²) in [5.41, 5.74) is 3.25. The number of piperazine rings is 1. The van der Waals surface area contributed by atoms with Crippen molar-refractivity contribution in [3.8, 4) is 17.1 Å². The molecule has 2 aromatic heterocycles. The van der Waals surface area contributed by atoms with E-state index in [-0.39, 0.29) is 47.7 Å². The first-order valence-electron chi connectivity index (χ1n) is 21.3. The molecule has 4 aliphatic rings. The molecule has 18 nitrogen and oxygen atoms in total. The quantitative estimate of drug-likeness (QED) is 0.0700. The highest BCUT2D eigenvalue weighted by Crippen LogP contribution is 2.41. The zero-order chi connectivity index (χ0) is 43.1. The topological polar surface area (TPSA) is 208 Å². The molecule has 2 N–H and O–H groups in total. The fourth-order valence-corrected chi connectivity index (χ4v) is 7.85. The Labute approximate surface area is 358 Å². The SMILES string of the molecule is CC1(Oc2ccc3[nH]nc(-c4cc(N5CCN(C(=O)CCOCCOCCOCCOCCNc6cccc7c6C(=O)N(C6CCC(=O)CC6=O)C7=O)CC5)ncn4)c3c2)CC1. The van der Waals surface area contributed by atoms with Crippen LogP contribution in [0.25, 0.3) is 22.3 Å². The molecule has 3 amide bonds. The minimum atomic E-state index is -0.909. The summed E-state index contributed by atoms with van der Waals surface area (Å²) >= 11 is 0. The van der Waals surface area contributed by atoms with Crippen molar-refractivity contribution in [3.63, 3.8) is 0 Å². The minimum absolute atomic E-state index is 0.0528. The Morgan fingerprint density at radius 3 is 2.31 bits per heavy atom. The number of rotatable bonds is 21. The van der Waals surface area contributed by atoms with E-state index in [0.29, 0.717) is 97.7 Å². The van der Waals surface area contributed by atoms with Crippen molar-refractivity contribution in [2.24, 2.45) is 0 Å². The van der Waals surface area contributed by atoms with Crippen LogP contribution in [0.4, 0.5) is 11.5 Å². The largest absolute Gasteiger partial charge is 0.488 e. The number of aromatic nitrogens is 4. The van der Waals surface area contributed by atoms with Gasteiger partial charge in [0.1, 0.15) is 35.0 Å². The summed E-state index contributed by atoms with van der Waals surface area (Å²) in [5.74, 6) is 0.0540. The van der Waals surface area contributed by atoms with E-state index in [1.165, 1.54) is 0 Å². The van der Waals surface area contributed by atoms with Crippen molar-refractivity contribution < 1.29 is 47.7 Å². The van der Waals surface area contributed by atoms with Gasteiger partial charge in [0.15, 0.2) is 5.78 Å². The predicted molar refractivity (Wildman–Crippen MR) is 225 cm³/mol. The van der Waals surface area contributed by atoms with Crippen molar-refractivity contribution >= 4 is 51.7 Å². The molecule has 328 valence electrons. The Bertz CT molecular complexity index is 2290. The average molecular weight is 853 g/mol. The molecule has 2 aliphatic heterocycles. The molecule has 0 spiro atoms. The fourth-order valence-electron chi connectivity index (χ4n) is 7.85. The first-order chi connectivity index (χ1) is 30.2. The van der Waals surface area contributed by atoms with Gasteiger partial charge in [-0.2, -0.15) is 5.10 Å². The molecule has 0 bridgehead atoms. The highest BCUT2D eigenvalue weighted by atomic mass is 16.6. The molecule has 8 rings (SSSR count). The van der Waals surface area contributed by atoms with Gasteiger partial charge >= 0.3 is 0 Å². The number of Topliss-reactive ketones (excluding diaryl/α,β-unsaturated/α-hetero) is 2. The van der Waals surface area contributed by atoms with Crippen LogP contribution in [0.5, 0.6) is 5.75 Å². The van der Waals surface area contributed by atoms with Crippen molar-refractivity contribution in [1.82, 2.24) is 30.0 Å². The number of ketones is 2. The molecular weight excluding hydrogens is 801 g/mol. The second kappa shape index (κ2) is 19.5. The van der Waals surface area contributed by atoms with Crippen molar-refractivity contribution in [3.05, 3.63) is 59.9 Å². The van der Waals surface area contributed by atoms with Gasteiger partial charge in [0.2, 0.25) is 5.91 Å². The molecule has 1 saturated heterocycles. The Hall–Kier alpha value is -5.82. The number of fused-ring (bicyclic) bond motifs is 2. The monoisotopic (exact) mass is 852 g/mol. The van der Waals surface area contributed by atoms with E-state index < -0.39 is 23.6 Å². The van der Waals surface area contributed by atoms with Gasteiger partial charge < -0.3 is 38.8 Å². The summed E-state index contributed by atoms with van der Waals surface area (Å²) in [6.45, 7) is 7.89. The number of hydrogen-bond donors (Lipinski definition) is 2. The van der Waals surface area contributed by atoms with Gasteiger partial charge in [-0.25, -0.2) is 9.97 Å². The molecule has 4 heterocycles. The number of nitrogens with one attached hydrogen (secondary N) is 2. The maximum Gasteiger partial charge on any atom is 0.264 e. The number of imide groups is 1. The fraction of sp³-hybridized carbons (Fsp3) is 0.500. The molecule has 2 aromatic carbocycles. The van der Waals surface area contributed by atoms with Gasteiger partial charge in [-0.05, 0) is 56.5 Å². The van der Waals surface area contributed by atoms with Crippen molar-refractivity contribution in [2.75, 3.05) is 95.8 Å². The number of H-pyrrole nitrogens is 1. The molecular formula is C44H52N8O10. The number of carbonyl (C=O) groups excluding carboxylic acids is 5. The van der Waals surface area contributed by atoms with Crippen molar-refractivity contribution in [1.29, 1.82) is 0 Å². The highest BCUT2D eigenvalue weighted by molar-refractivity contribution is 6.25. The smallest absolute Gasteiger partial charge is 0.264 e. The lowest BCUT2D eigenvalue weighted by Crippen LogP contribution is -2.49. The van der Waals surface area contributed by atoms with E-state index in [9.17, 15) is 24.0 Å². The summed E-state index contributed by atoms with van der Waals surface area (Å²) < 4.78 is 28.6. The van der Waals surface area contributed by atoms with Crippen LogP contribution in [-0.4, -0.2) is 156 Å². The number of hydrogen-bond acceptors (Lipinski definition) is 15. The zero-order valence-electron chi connectivity index (χ0n) is 34.9. The summed E-state index contributed by atoms with van der Waals surface area (Å²) in [6, 6.07) is 12.0. The van der Waals surface area contributed by atoms with Crippen LogP contribution in [-0.2, 0) is 33.3 Å². The van der Waals surface area contributed by atoms with Crippen molar-refractivity contribution in [2.45, 2.75) is 57.1 Å². The van der Waals surface area contributed by atoms with Gasteiger partial charge in [-0.1, -0.05) is 6.07 Å². The van der Waals surface area contributed by atoms with Crippen LogP contribution < -0.4 is 15.0 Å². The summed E-state index contributed by atoms with van der Waals surface area (Å²) in [7, 11) is 0. The van der Waals surface area contributed by atoms with Gasteiger partial charge in [0.05, 0.1) is 94.1 Å². The van der Waals surface area contributed by atoms with E-state index >= 15 is 0 Å². The predicted octanol–water partition coefficient (Wildman–Crippen LogP) is 3.46. The third-order valence-corrected chi connectivity index (χ3v) is 11.5. The lowest BCUT2D eigenvalue weighted by Gasteiger charge is -2.35. The van der Waals surface area contributed by atoms with E-state index in [4.69, 9.17) is 23.7 Å². The zero-order valence-corrected chi connectivity index (χ0v) is 34.9. The molecule has 1 atom stereocenters. The number of aromatic amines is 1. The number of amides is 3. The molecule has 3 fully saturated rings. The number of anilines is 2. The van der Waals surface area contributed by atoms with E-state index in [2.05, 4.69) is 37.3 Å². The normalized spacial score (nSPS) is 18.5. The van der Waals surface area contributed by atoms with Crippen LogP contribution in [0.15, 0.2) is 48.8 Å². The standard InChI is InChI=1S/C44H52N8O10/c1-44(10-11-44)62-30-6-7-33-32(26-30)41(49-48-33)35-27-38(47-28-46-35)50-13-15-51(16-14-50)39(55)9-17-58-19-21-60-23-24-61-22-20-59-18-12-45-34-4-2-3-31-40(34)43(57)52(42(31)56)36-8-5-29(53)25-37(36)54/h2-4,6-7,26-28,36,45H,5,8-25H2,1H3,(H,48,49). The number of carbonyl (C=O) groups is 5. The van der Waals surface area contributed by atoms with E-state index in [1.54, 1.807) is 24.5 Å². The number of nitrogens with zero attached hydrogens (tertiary/aromatic N) is 6. The Kier molecular flexibility index (Phi) is 13.5. The molecule has 4 aromatic rings. The van der Waals surface area contributed by atoms with E-state index in [1.807, 2.05) is 29.2 Å². The summed E-state index contributed by atoms with van der Waals surface area (Å²) in [6.07, 6.45) is 4.04. The second-order valence-electron chi connectivity index (χ2n) is 16.0. The lowest BCUT2D eigenvalue weighted by atomic mass is 9.92. The molecule has 0 radical (unpaired) electrons. The molecule has 62 heavy (non-hydrogen) atoms. The number of ether oxygens (including phenoxy) is 5. The van der Waals surface area contributed by atoms with Gasteiger partial charge in [-0.3, -0.25) is 34.0 Å². The number of benzene rings is 2. The van der Waals surface area contributed by atoms with Gasteiger partial charge in [0, 0.05) is 56.3 Å². The highest BCUT2D eigenvalue weighted by Gasteiger charge is 2.45. The first kappa shape index (κ1) is 42.9. The summed E-state index contributed by atoms with van der Waals surface area (Å²) in [5, 5.41) is 11.7. The maximum atomic E-state index is 13.2. The third-order valence-electron chi connectivity index (χ3n) is 11.5. The van der Waals surface area contributed by atoms with Crippen LogP contribution in [0.2, 0.25) is 0 Å². The van der Waals surface area contributed by atoms with Crippen LogP contribution in [0.3, 0.4) is 0 Å². The maximum absolute atomic E-state index is 13.2. The lowest BCUT2D eigenvalue weighted by molar-refractivity contribution is -0.133. The molecule has 2 saturated carbocycles. The van der Waals surface area contributed by atoms with Crippen LogP contribution in [0.1, 0.15) is 66.2 Å². The second-order valence-corrected chi connectivity index (χ2v) is 16.0. The Morgan fingerprint density at radius 1 is 0.855 bits per heavy atom. The van der Waals surface area contributed by atoms with Crippen LogP contribution in [0, 0.1) is 0 Å². The Morgan fingerprint density at radius 2 is 1.58 bits per heavy atom.